The van der Waals surface area contributed by atoms with Crippen molar-refractivity contribution in [1.82, 2.24) is 14.8 Å². The monoisotopic (exact) mass is 325 g/mol. The van der Waals surface area contributed by atoms with Crippen LogP contribution in [0.25, 0.3) is 0 Å². The molecule has 1 aliphatic rings. The van der Waals surface area contributed by atoms with Crippen LogP contribution in [0.1, 0.15) is 28.8 Å². The third kappa shape index (κ3) is 4.11. The van der Waals surface area contributed by atoms with Gasteiger partial charge in [0.2, 0.25) is 0 Å². The lowest BCUT2D eigenvalue weighted by molar-refractivity contribution is 0.0908. The van der Waals surface area contributed by atoms with Crippen LogP contribution in [0, 0.1) is 0 Å². The Morgan fingerprint density at radius 3 is 2.54 bits per heavy atom. The summed E-state index contributed by atoms with van der Waals surface area (Å²) in [6.07, 6.45) is 3.49. The molecule has 1 aliphatic heterocycles. The molecule has 0 spiro atoms. The van der Waals surface area contributed by atoms with Gasteiger partial charge in [0.1, 0.15) is 0 Å². The average Bonchev–Trinajstić information content (AvgIpc) is 2.60. The van der Waals surface area contributed by atoms with Gasteiger partial charge in [-0.2, -0.15) is 0 Å². The van der Waals surface area contributed by atoms with Crippen LogP contribution in [0.2, 0.25) is 0 Å². The fourth-order valence-electron chi connectivity index (χ4n) is 3.04. The SMILES string of the molecule is Cn1ccc(C(=O)NC2CCN(Cc3ccccc3)CC2)cc1=O. The van der Waals surface area contributed by atoms with Crippen molar-refractivity contribution in [3.05, 3.63) is 70.1 Å². The summed E-state index contributed by atoms with van der Waals surface area (Å²) in [7, 11) is 1.67. The quantitative estimate of drug-likeness (QED) is 0.932. The molecule has 5 nitrogen and oxygen atoms in total. The molecule has 2 aromatic rings. The van der Waals surface area contributed by atoms with E-state index in [-0.39, 0.29) is 17.5 Å². The number of nitrogens with zero attached hydrogens (tertiary/aromatic N) is 2. The van der Waals surface area contributed by atoms with Crippen LogP contribution in [0.4, 0.5) is 0 Å². The van der Waals surface area contributed by atoms with Crippen LogP contribution in [0.5, 0.6) is 0 Å². The van der Waals surface area contributed by atoms with Gasteiger partial charge in [0.25, 0.3) is 11.5 Å². The first-order valence-corrected chi connectivity index (χ1v) is 8.35. The van der Waals surface area contributed by atoms with E-state index in [1.165, 1.54) is 16.2 Å². The van der Waals surface area contributed by atoms with Crippen LogP contribution < -0.4 is 10.9 Å². The van der Waals surface area contributed by atoms with Gasteiger partial charge in [0.05, 0.1) is 0 Å². The van der Waals surface area contributed by atoms with Crippen molar-refractivity contribution in [1.29, 1.82) is 0 Å². The van der Waals surface area contributed by atoms with Crippen molar-refractivity contribution in [2.75, 3.05) is 13.1 Å². The second-order valence-electron chi connectivity index (χ2n) is 6.37. The van der Waals surface area contributed by atoms with Gasteiger partial charge in [-0.3, -0.25) is 14.5 Å². The fraction of sp³-hybridized carbons (Fsp3) is 0.368. The maximum absolute atomic E-state index is 12.3. The first-order chi connectivity index (χ1) is 11.6. The Morgan fingerprint density at radius 1 is 1.17 bits per heavy atom. The van der Waals surface area contributed by atoms with Crippen LogP contribution in [0.15, 0.2) is 53.5 Å². The number of hydrogen-bond acceptors (Lipinski definition) is 3. The minimum atomic E-state index is -0.166. The highest BCUT2D eigenvalue weighted by Gasteiger charge is 2.21. The number of piperidine rings is 1. The van der Waals surface area contributed by atoms with Gasteiger partial charge in [-0.15, -0.1) is 0 Å². The molecule has 1 saturated heterocycles. The van der Waals surface area contributed by atoms with Crippen LogP contribution in [-0.2, 0) is 13.6 Å². The molecule has 0 bridgehead atoms. The molecular formula is C19H23N3O2. The third-order valence-electron chi connectivity index (χ3n) is 4.54. The lowest BCUT2D eigenvalue weighted by atomic mass is 10.0. The van der Waals surface area contributed by atoms with Crippen molar-refractivity contribution in [2.24, 2.45) is 7.05 Å². The standard InChI is InChI=1S/C19H23N3O2/c1-21-10-7-16(13-18(21)23)19(24)20-17-8-11-22(12-9-17)14-15-5-3-2-4-6-15/h2-7,10,13,17H,8-9,11-12,14H2,1H3,(H,20,24). The first kappa shape index (κ1) is 16.5. The highest BCUT2D eigenvalue weighted by atomic mass is 16.2. The lowest BCUT2D eigenvalue weighted by Gasteiger charge is -2.32. The molecular weight excluding hydrogens is 302 g/mol. The number of aromatic nitrogens is 1. The highest BCUT2D eigenvalue weighted by molar-refractivity contribution is 5.94. The number of rotatable bonds is 4. The Labute approximate surface area is 141 Å². The van der Waals surface area contributed by atoms with Gasteiger partial charge in [-0.05, 0) is 24.5 Å². The molecule has 2 heterocycles. The summed E-state index contributed by atoms with van der Waals surface area (Å²) in [6, 6.07) is 13.7. The minimum Gasteiger partial charge on any atom is -0.349 e. The molecule has 126 valence electrons. The van der Waals surface area contributed by atoms with E-state index >= 15 is 0 Å². The number of pyridine rings is 1. The maximum atomic E-state index is 12.3. The largest absolute Gasteiger partial charge is 0.349 e. The summed E-state index contributed by atoms with van der Waals surface area (Å²) < 4.78 is 1.46. The van der Waals surface area contributed by atoms with Gasteiger partial charge in [-0.1, -0.05) is 30.3 Å². The molecule has 5 heteroatoms. The Balaban J connectivity index is 1.50. The Morgan fingerprint density at radius 2 is 1.88 bits per heavy atom. The minimum absolute atomic E-state index is 0.158. The Bertz CT molecular complexity index is 747. The third-order valence-corrected chi connectivity index (χ3v) is 4.54. The molecule has 0 unspecified atom stereocenters. The van der Waals surface area contributed by atoms with Crippen molar-refractivity contribution in [3.63, 3.8) is 0 Å². The molecule has 1 aromatic carbocycles. The van der Waals surface area contributed by atoms with E-state index in [1.54, 1.807) is 19.3 Å². The van der Waals surface area contributed by atoms with Crippen molar-refractivity contribution in [3.8, 4) is 0 Å². The number of amides is 1. The van der Waals surface area contributed by atoms with E-state index < -0.39 is 0 Å². The van der Waals surface area contributed by atoms with Gasteiger partial charge in [0, 0.05) is 50.6 Å². The number of hydrogen-bond donors (Lipinski definition) is 1. The smallest absolute Gasteiger partial charge is 0.251 e. The summed E-state index contributed by atoms with van der Waals surface area (Å²) in [5, 5.41) is 3.05. The fourth-order valence-corrected chi connectivity index (χ4v) is 3.04. The normalized spacial score (nSPS) is 16.0. The molecule has 0 atom stereocenters. The second-order valence-corrected chi connectivity index (χ2v) is 6.37. The lowest BCUT2D eigenvalue weighted by Crippen LogP contribution is -2.44. The number of nitrogens with one attached hydrogen (secondary N) is 1. The first-order valence-electron chi connectivity index (χ1n) is 8.35. The molecule has 1 N–H and O–H groups in total. The molecule has 24 heavy (non-hydrogen) atoms. The van der Waals surface area contributed by atoms with E-state index in [2.05, 4.69) is 34.5 Å². The summed E-state index contributed by atoms with van der Waals surface area (Å²) in [5.41, 5.74) is 1.59. The zero-order chi connectivity index (χ0) is 16.9. The van der Waals surface area contributed by atoms with Crippen LogP contribution >= 0.6 is 0 Å². The number of carbonyl (C=O) groups is 1. The van der Waals surface area contributed by atoms with Crippen molar-refractivity contribution >= 4 is 5.91 Å². The topological polar surface area (TPSA) is 54.3 Å². The molecule has 3 rings (SSSR count). The van der Waals surface area contributed by atoms with Crippen molar-refractivity contribution in [2.45, 2.75) is 25.4 Å². The van der Waals surface area contributed by atoms with E-state index in [0.29, 0.717) is 5.56 Å². The predicted molar refractivity (Wildman–Crippen MR) is 93.9 cm³/mol. The Kier molecular flexibility index (Phi) is 5.11. The Hall–Kier alpha value is -2.40. The van der Waals surface area contributed by atoms with Crippen LogP contribution in [0.3, 0.4) is 0 Å². The summed E-state index contributed by atoms with van der Waals surface area (Å²) in [4.78, 5) is 26.3. The van der Waals surface area contributed by atoms with Gasteiger partial charge >= 0.3 is 0 Å². The van der Waals surface area contributed by atoms with E-state index in [9.17, 15) is 9.59 Å². The summed E-state index contributed by atoms with van der Waals surface area (Å²) in [6.45, 7) is 2.89. The van der Waals surface area contributed by atoms with Crippen molar-refractivity contribution < 1.29 is 4.79 Å². The molecule has 0 radical (unpaired) electrons. The van der Waals surface area contributed by atoms with Gasteiger partial charge < -0.3 is 9.88 Å². The number of benzene rings is 1. The molecule has 1 fully saturated rings. The number of likely N-dealkylation sites (tertiary alicyclic amines) is 1. The molecule has 1 amide bonds. The van der Waals surface area contributed by atoms with Gasteiger partial charge in [0.15, 0.2) is 0 Å². The van der Waals surface area contributed by atoms with E-state index in [0.717, 1.165) is 32.5 Å². The average molecular weight is 325 g/mol. The van der Waals surface area contributed by atoms with Crippen LogP contribution in [-0.4, -0.2) is 34.5 Å². The highest BCUT2D eigenvalue weighted by Crippen LogP contribution is 2.14. The molecule has 0 saturated carbocycles. The zero-order valence-corrected chi connectivity index (χ0v) is 13.9. The van der Waals surface area contributed by atoms with Gasteiger partial charge in [-0.25, -0.2) is 0 Å². The maximum Gasteiger partial charge on any atom is 0.251 e. The number of aryl methyl sites for hydroxylation is 1. The second kappa shape index (κ2) is 7.45. The zero-order valence-electron chi connectivity index (χ0n) is 13.9. The van der Waals surface area contributed by atoms with E-state index in [1.807, 2.05) is 6.07 Å². The number of carbonyl (C=O) groups excluding carboxylic acids is 1. The summed E-state index contributed by atoms with van der Waals surface area (Å²) in [5.74, 6) is -0.158. The molecule has 0 aliphatic carbocycles. The van der Waals surface area contributed by atoms with E-state index in [4.69, 9.17) is 0 Å². The molecule has 1 aromatic heterocycles. The summed E-state index contributed by atoms with van der Waals surface area (Å²) >= 11 is 0. The predicted octanol–water partition coefficient (Wildman–Crippen LogP) is 1.78.